The number of benzene rings is 1. The zero-order valence-electron chi connectivity index (χ0n) is 15.3. The van der Waals surface area contributed by atoms with Crippen molar-refractivity contribution in [3.05, 3.63) is 40.9 Å². The highest BCUT2D eigenvalue weighted by Crippen LogP contribution is 2.30. The molecule has 0 aliphatic rings. The predicted molar refractivity (Wildman–Crippen MR) is 92.8 cm³/mol. The molecule has 8 nitrogen and oxygen atoms in total. The lowest BCUT2D eigenvalue weighted by molar-refractivity contribution is -0.140. The van der Waals surface area contributed by atoms with E-state index in [0.29, 0.717) is 17.1 Å². The molecular weight excluding hydrogens is 344 g/mol. The van der Waals surface area contributed by atoms with Gasteiger partial charge in [-0.15, -0.1) is 0 Å². The predicted octanol–water partition coefficient (Wildman–Crippen LogP) is 2.24. The summed E-state index contributed by atoms with van der Waals surface area (Å²) in [7, 11) is 5.43. The van der Waals surface area contributed by atoms with Crippen molar-refractivity contribution in [2.45, 2.75) is 6.92 Å². The summed E-state index contributed by atoms with van der Waals surface area (Å²) in [6.07, 6.45) is 1.35. The van der Waals surface area contributed by atoms with Gasteiger partial charge in [-0.1, -0.05) is 6.07 Å². The molecule has 0 radical (unpaired) electrons. The van der Waals surface area contributed by atoms with Crippen molar-refractivity contribution in [2.24, 2.45) is 0 Å². The Bertz CT molecular complexity index is 712. The van der Waals surface area contributed by atoms with Crippen LogP contribution in [0.2, 0.25) is 0 Å². The number of carboxylic acids is 1. The topological polar surface area (TPSA) is 101 Å². The summed E-state index contributed by atoms with van der Waals surface area (Å²) < 4.78 is 25.2. The van der Waals surface area contributed by atoms with Crippen LogP contribution in [0.1, 0.15) is 12.5 Å². The van der Waals surface area contributed by atoms with E-state index in [1.54, 1.807) is 25.1 Å². The van der Waals surface area contributed by atoms with Gasteiger partial charge < -0.3 is 28.8 Å². The average Bonchev–Trinajstić information content (AvgIpc) is 2.64. The Balaban J connectivity index is 3.61. The van der Waals surface area contributed by atoms with E-state index in [9.17, 15) is 14.7 Å². The maximum atomic E-state index is 12.4. The quantitative estimate of drug-likeness (QED) is 0.307. The molecule has 0 spiro atoms. The van der Waals surface area contributed by atoms with Gasteiger partial charge in [0.05, 0.1) is 40.6 Å². The van der Waals surface area contributed by atoms with Crippen LogP contribution in [-0.2, 0) is 23.8 Å². The van der Waals surface area contributed by atoms with Crippen LogP contribution in [-0.4, -0.2) is 52.1 Å². The van der Waals surface area contributed by atoms with Gasteiger partial charge in [0, 0.05) is 0 Å². The molecule has 0 aliphatic carbocycles. The summed E-state index contributed by atoms with van der Waals surface area (Å²) in [4.78, 5) is 24.1. The maximum Gasteiger partial charge on any atom is 0.343 e. The smallest absolute Gasteiger partial charge is 0.343 e. The van der Waals surface area contributed by atoms with Crippen molar-refractivity contribution < 1.29 is 38.4 Å². The highest BCUT2D eigenvalue weighted by Gasteiger charge is 2.28. The number of ether oxygens (including phenoxy) is 5. The Kier molecular flexibility index (Phi) is 8.01. The normalized spacial score (nSPS) is 10.6. The molecule has 0 atom stereocenters. The van der Waals surface area contributed by atoms with Crippen LogP contribution in [0, 0.1) is 0 Å². The Hall–Kier alpha value is -3.16. The van der Waals surface area contributed by atoms with Gasteiger partial charge >= 0.3 is 11.9 Å². The molecule has 8 heteroatoms. The van der Waals surface area contributed by atoms with Gasteiger partial charge in [-0.05, 0) is 30.7 Å². The molecule has 0 aromatic heterocycles. The van der Waals surface area contributed by atoms with Crippen LogP contribution in [0.25, 0.3) is 6.08 Å². The van der Waals surface area contributed by atoms with Crippen LogP contribution in [0.3, 0.4) is 0 Å². The van der Waals surface area contributed by atoms with E-state index in [1.165, 1.54) is 34.5 Å². The van der Waals surface area contributed by atoms with Crippen molar-refractivity contribution in [1.29, 1.82) is 0 Å². The first-order valence-corrected chi connectivity index (χ1v) is 7.60. The fourth-order valence-corrected chi connectivity index (χ4v) is 2.15. The number of carbonyl (C=O) groups is 2. The van der Waals surface area contributed by atoms with Gasteiger partial charge in [-0.2, -0.15) is 0 Å². The highest BCUT2D eigenvalue weighted by molar-refractivity contribution is 6.09. The maximum absolute atomic E-state index is 12.4. The number of carbonyl (C=O) groups excluding carboxylic acids is 1. The molecule has 0 saturated carbocycles. The minimum atomic E-state index is -1.40. The summed E-state index contributed by atoms with van der Waals surface area (Å²) in [5, 5.41) is 9.54. The van der Waals surface area contributed by atoms with Crippen molar-refractivity contribution in [3.8, 4) is 11.5 Å². The molecule has 1 rings (SSSR count). The van der Waals surface area contributed by atoms with Crippen molar-refractivity contribution >= 4 is 18.0 Å². The number of rotatable bonds is 9. The van der Waals surface area contributed by atoms with E-state index < -0.39 is 17.5 Å². The van der Waals surface area contributed by atoms with Crippen molar-refractivity contribution in [1.82, 2.24) is 0 Å². The standard InChI is InChI=1S/C18H22O8/c1-6-26-17(21)12(15(16(19)20)18(24-4)25-5)9-11-7-8-13(22-2)14(10-11)23-3/h7-10H,6H2,1-5H3,(H,19,20)/b12-9-. The zero-order chi connectivity index (χ0) is 19.7. The van der Waals surface area contributed by atoms with Crippen LogP contribution < -0.4 is 9.47 Å². The molecule has 0 bridgehead atoms. The lowest BCUT2D eigenvalue weighted by Crippen LogP contribution is -2.18. The molecular formula is C18H22O8. The fraction of sp³-hybridized carbons (Fsp3) is 0.333. The molecule has 1 aromatic rings. The molecule has 0 saturated heterocycles. The molecule has 26 heavy (non-hydrogen) atoms. The Morgan fingerprint density at radius 3 is 2.12 bits per heavy atom. The van der Waals surface area contributed by atoms with E-state index in [1.807, 2.05) is 0 Å². The van der Waals surface area contributed by atoms with Crippen molar-refractivity contribution in [2.75, 3.05) is 35.0 Å². The van der Waals surface area contributed by atoms with Gasteiger partial charge in [0.15, 0.2) is 17.1 Å². The van der Waals surface area contributed by atoms with Gasteiger partial charge in [0.2, 0.25) is 0 Å². The summed E-state index contributed by atoms with van der Waals surface area (Å²) in [6, 6.07) is 4.86. The number of methoxy groups -OCH3 is 4. The van der Waals surface area contributed by atoms with Gasteiger partial charge in [0.1, 0.15) is 0 Å². The highest BCUT2D eigenvalue weighted by atomic mass is 16.7. The number of aliphatic carboxylic acids is 1. The summed E-state index contributed by atoms with van der Waals surface area (Å²) >= 11 is 0. The second-order valence-electron chi connectivity index (χ2n) is 4.77. The fourth-order valence-electron chi connectivity index (χ4n) is 2.15. The molecule has 142 valence electrons. The van der Waals surface area contributed by atoms with E-state index in [-0.39, 0.29) is 18.1 Å². The van der Waals surface area contributed by atoms with E-state index in [2.05, 4.69) is 0 Å². The Morgan fingerprint density at radius 2 is 1.65 bits per heavy atom. The van der Waals surface area contributed by atoms with E-state index in [0.717, 1.165) is 0 Å². The monoisotopic (exact) mass is 366 g/mol. The van der Waals surface area contributed by atoms with Crippen LogP contribution in [0.15, 0.2) is 35.3 Å². The Labute approximate surface area is 151 Å². The van der Waals surface area contributed by atoms with Crippen molar-refractivity contribution in [3.63, 3.8) is 0 Å². The number of carboxylic acid groups (broad SMARTS) is 1. The molecule has 1 N–H and O–H groups in total. The SMILES string of the molecule is CCOC(=O)/C(=C\c1ccc(OC)c(OC)c1)C(C(=O)O)=C(OC)OC. The van der Waals surface area contributed by atoms with Gasteiger partial charge in [-0.25, -0.2) is 9.59 Å². The average molecular weight is 366 g/mol. The minimum absolute atomic E-state index is 0.0737. The number of hydrogen-bond acceptors (Lipinski definition) is 7. The molecule has 0 amide bonds. The van der Waals surface area contributed by atoms with E-state index >= 15 is 0 Å². The first-order valence-electron chi connectivity index (χ1n) is 7.60. The Morgan fingerprint density at radius 1 is 1.04 bits per heavy atom. The zero-order valence-corrected chi connectivity index (χ0v) is 15.3. The molecule has 0 unspecified atom stereocenters. The number of hydrogen-bond donors (Lipinski definition) is 1. The van der Waals surface area contributed by atoms with Crippen LogP contribution >= 0.6 is 0 Å². The summed E-state index contributed by atoms with van der Waals surface area (Å²) in [6.45, 7) is 1.69. The second kappa shape index (κ2) is 9.97. The first-order chi connectivity index (χ1) is 12.4. The van der Waals surface area contributed by atoms with E-state index in [4.69, 9.17) is 23.7 Å². The third-order valence-electron chi connectivity index (χ3n) is 3.27. The van der Waals surface area contributed by atoms with Gasteiger partial charge in [-0.3, -0.25) is 0 Å². The van der Waals surface area contributed by atoms with Gasteiger partial charge in [0.25, 0.3) is 5.95 Å². The third kappa shape index (κ3) is 4.92. The third-order valence-corrected chi connectivity index (χ3v) is 3.27. The summed E-state index contributed by atoms with van der Waals surface area (Å²) in [5.74, 6) is -1.64. The lowest BCUT2D eigenvalue weighted by Gasteiger charge is -2.13. The summed E-state index contributed by atoms with van der Waals surface area (Å²) in [5.41, 5.74) is -0.190. The first kappa shape index (κ1) is 20.9. The van der Waals surface area contributed by atoms with Crippen LogP contribution in [0.4, 0.5) is 0 Å². The van der Waals surface area contributed by atoms with Crippen LogP contribution in [0.5, 0.6) is 11.5 Å². The number of esters is 1. The molecule has 0 fully saturated rings. The second-order valence-corrected chi connectivity index (χ2v) is 4.77. The molecule has 0 aliphatic heterocycles. The minimum Gasteiger partial charge on any atom is -0.493 e. The molecule has 0 heterocycles. The largest absolute Gasteiger partial charge is 0.493 e. The lowest BCUT2D eigenvalue weighted by atomic mass is 10.0. The molecule has 1 aromatic carbocycles.